The van der Waals surface area contributed by atoms with E-state index in [-0.39, 0.29) is 6.04 Å². The van der Waals surface area contributed by atoms with Crippen molar-refractivity contribution in [3.05, 3.63) is 29.8 Å². The highest BCUT2D eigenvalue weighted by atomic mass is 16.5. The summed E-state index contributed by atoms with van der Waals surface area (Å²) < 4.78 is 10.7. The zero-order valence-electron chi connectivity index (χ0n) is 17.9. The average molecular weight is 392 g/mol. The third kappa shape index (κ3) is 7.66. The monoisotopic (exact) mass is 391 g/mol. The second-order valence-corrected chi connectivity index (χ2v) is 7.21. The third-order valence-electron chi connectivity index (χ3n) is 4.94. The van der Waals surface area contributed by atoms with E-state index >= 15 is 0 Å². The number of rotatable bonds is 10. The molecule has 1 atom stereocenters. The summed E-state index contributed by atoms with van der Waals surface area (Å²) in [5, 5.41) is 6.82. The van der Waals surface area contributed by atoms with Gasteiger partial charge in [-0.25, -0.2) is 0 Å². The van der Waals surface area contributed by atoms with E-state index in [9.17, 15) is 0 Å². The molecule has 0 aromatic heterocycles. The summed E-state index contributed by atoms with van der Waals surface area (Å²) in [5.74, 6) is 1.75. The Hall–Kier alpha value is -1.83. The van der Waals surface area contributed by atoms with Gasteiger partial charge in [0.05, 0.1) is 32.9 Å². The van der Waals surface area contributed by atoms with E-state index in [0.29, 0.717) is 6.54 Å². The summed E-state index contributed by atoms with van der Waals surface area (Å²) in [6.07, 6.45) is 1.10. The van der Waals surface area contributed by atoms with E-state index in [4.69, 9.17) is 14.5 Å². The quantitative estimate of drug-likeness (QED) is 0.359. The van der Waals surface area contributed by atoms with Gasteiger partial charge in [0, 0.05) is 26.2 Å². The molecule has 7 nitrogen and oxygen atoms in total. The van der Waals surface area contributed by atoms with Crippen LogP contribution >= 0.6 is 0 Å². The molecule has 1 fully saturated rings. The number of hydrogen-bond donors (Lipinski definition) is 2. The summed E-state index contributed by atoms with van der Waals surface area (Å²) in [5.41, 5.74) is 1.23. The van der Waals surface area contributed by atoms with Gasteiger partial charge in [-0.15, -0.1) is 0 Å². The molecule has 0 spiro atoms. The molecule has 0 saturated carbocycles. The molecular formula is C21H37N5O2. The minimum atomic E-state index is 0.217. The zero-order valence-corrected chi connectivity index (χ0v) is 17.9. The maximum absolute atomic E-state index is 5.40. The lowest BCUT2D eigenvalue weighted by atomic mass is 10.1. The van der Waals surface area contributed by atoms with Gasteiger partial charge in [-0.05, 0) is 51.7 Å². The number of morpholine rings is 1. The van der Waals surface area contributed by atoms with E-state index in [1.165, 1.54) is 5.56 Å². The minimum Gasteiger partial charge on any atom is -0.497 e. The van der Waals surface area contributed by atoms with E-state index in [1.54, 1.807) is 7.11 Å². The van der Waals surface area contributed by atoms with Crippen molar-refractivity contribution in [2.45, 2.75) is 19.4 Å². The Morgan fingerprint density at radius 2 is 1.93 bits per heavy atom. The highest BCUT2D eigenvalue weighted by Gasteiger charge is 2.14. The van der Waals surface area contributed by atoms with Crippen LogP contribution in [0.4, 0.5) is 0 Å². The normalized spacial score (nSPS) is 16.8. The molecule has 158 valence electrons. The molecule has 0 bridgehead atoms. The number of benzene rings is 1. The Balaban J connectivity index is 1.86. The Morgan fingerprint density at radius 3 is 2.54 bits per heavy atom. The molecule has 1 aliphatic heterocycles. The fraction of sp³-hybridized carbons (Fsp3) is 0.667. The van der Waals surface area contributed by atoms with Crippen LogP contribution in [-0.4, -0.2) is 89.4 Å². The second kappa shape index (κ2) is 12.6. The van der Waals surface area contributed by atoms with Gasteiger partial charge < -0.3 is 25.0 Å². The number of guanidine groups is 1. The van der Waals surface area contributed by atoms with Crippen LogP contribution in [0.25, 0.3) is 0 Å². The maximum atomic E-state index is 5.40. The summed E-state index contributed by atoms with van der Waals surface area (Å²) in [7, 11) is 5.87. The standard InChI is InChI=1S/C21H37N5O2/c1-5-22-21(23-11-6-12-26-13-15-28-16-14-26)24-17-20(25(2)3)18-7-9-19(27-4)10-8-18/h7-10,20H,5-6,11-17H2,1-4H3,(H2,22,23,24). The van der Waals surface area contributed by atoms with Gasteiger partial charge in [0.2, 0.25) is 0 Å². The van der Waals surface area contributed by atoms with Gasteiger partial charge in [-0.1, -0.05) is 12.1 Å². The molecule has 1 aromatic carbocycles. The number of hydrogen-bond acceptors (Lipinski definition) is 5. The summed E-state index contributed by atoms with van der Waals surface area (Å²) in [4.78, 5) is 9.49. The minimum absolute atomic E-state index is 0.217. The fourth-order valence-electron chi connectivity index (χ4n) is 3.25. The predicted octanol–water partition coefficient (Wildman–Crippen LogP) is 1.58. The van der Waals surface area contributed by atoms with E-state index < -0.39 is 0 Å². The summed E-state index contributed by atoms with van der Waals surface area (Å²) in [6.45, 7) is 9.45. The van der Waals surface area contributed by atoms with Gasteiger partial charge in [0.25, 0.3) is 0 Å². The average Bonchev–Trinajstić information content (AvgIpc) is 2.72. The van der Waals surface area contributed by atoms with Crippen molar-refractivity contribution < 1.29 is 9.47 Å². The topological polar surface area (TPSA) is 61.4 Å². The van der Waals surface area contributed by atoms with Crippen LogP contribution in [0.15, 0.2) is 29.3 Å². The molecule has 0 amide bonds. The van der Waals surface area contributed by atoms with Crippen LogP contribution in [0.3, 0.4) is 0 Å². The van der Waals surface area contributed by atoms with Crippen molar-refractivity contribution in [3.8, 4) is 5.75 Å². The molecule has 1 heterocycles. The highest BCUT2D eigenvalue weighted by molar-refractivity contribution is 5.79. The van der Waals surface area contributed by atoms with Crippen LogP contribution in [0, 0.1) is 0 Å². The van der Waals surface area contributed by atoms with Crippen molar-refractivity contribution in [2.24, 2.45) is 4.99 Å². The number of ether oxygens (including phenoxy) is 2. The lowest BCUT2D eigenvalue weighted by molar-refractivity contribution is 0.0376. The molecular weight excluding hydrogens is 354 g/mol. The van der Waals surface area contributed by atoms with Crippen molar-refractivity contribution in [3.63, 3.8) is 0 Å². The van der Waals surface area contributed by atoms with Crippen molar-refractivity contribution in [2.75, 3.05) is 73.7 Å². The van der Waals surface area contributed by atoms with Crippen LogP contribution < -0.4 is 15.4 Å². The van der Waals surface area contributed by atoms with Gasteiger partial charge in [0.1, 0.15) is 5.75 Å². The number of aliphatic imine (C=N–C) groups is 1. The van der Waals surface area contributed by atoms with Crippen molar-refractivity contribution in [1.82, 2.24) is 20.4 Å². The number of nitrogens with one attached hydrogen (secondary N) is 2. The van der Waals surface area contributed by atoms with E-state index in [2.05, 4.69) is 53.6 Å². The van der Waals surface area contributed by atoms with Crippen LogP contribution in [0.5, 0.6) is 5.75 Å². The molecule has 1 saturated heterocycles. The maximum Gasteiger partial charge on any atom is 0.191 e. The van der Waals surface area contributed by atoms with Crippen LogP contribution in [0.2, 0.25) is 0 Å². The molecule has 2 rings (SSSR count). The van der Waals surface area contributed by atoms with Gasteiger partial charge >= 0.3 is 0 Å². The van der Waals surface area contributed by atoms with Crippen LogP contribution in [-0.2, 0) is 4.74 Å². The lowest BCUT2D eigenvalue weighted by Gasteiger charge is -2.26. The molecule has 1 unspecified atom stereocenters. The smallest absolute Gasteiger partial charge is 0.191 e. The molecule has 28 heavy (non-hydrogen) atoms. The molecule has 1 aromatic rings. The molecule has 0 aliphatic carbocycles. The number of methoxy groups -OCH3 is 1. The van der Waals surface area contributed by atoms with E-state index in [1.807, 2.05) is 12.1 Å². The Kier molecular flexibility index (Phi) is 10.1. The van der Waals surface area contributed by atoms with Gasteiger partial charge in [0.15, 0.2) is 5.96 Å². The Morgan fingerprint density at radius 1 is 1.21 bits per heavy atom. The molecule has 1 aliphatic rings. The summed E-state index contributed by atoms with van der Waals surface area (Å²) in [6, 6.07) is 8.45. The van der Waals surface area contributed by atoms with Gasteiger partial charge in [-0.2, -0.15) is 0 Å². The van der Waals surface area contributed by atoms with Crippen LogP contribution in [0.1, 0.15) is 24.9 Å². The second-order valence-electron chi connectivity index (χ2n) is 7.21. The van der Waals surface area contributed by atoms with Crippen molar-refractivity contribution in [1.29, 1.82) is 0 Å². The highest BCUT2D eigenvalue weighted by Crippen LogP contribution is 2.21. The zero-order chi connectivity index (χ0) is 20.2. The molecule has 0 radical (unpaired) electrons. The van der Waals surface area contributed by atoms with Crippen molar-refractivity contribution >= 4 is 5.96 Å². The SMILES string of the molecule is CCNC(=NCC(c1ccc(OC)cc1)N(C)C)NCCCN1CCOCC1. The number of nitrogens with zero attached hydrogens (tertiary/aromatic N) is 3. The molecule has 7 heteroatoms. The predicted molar refractivity (Wildman–Crippen MR) is 115 cm³/mol. The third-order valence-corrected chi connectivity index (χ3v) is 4.94. The first-order chi connectivity index (χ1) is 13.6. The van der Waals surface area contributed by atoms with Gasteiger partial charge in [-0.3, -0.25) is 9.89 Å². The lowest BCUT2D eigenvalue weighted by Crippen LogP contribution is -2.41. The number of likely N-dealkylation sites (N-methyl/N-ethyl adjacent to an activating group) is 1. The first-order valence-electron chi connectivity index (χ1n) is 10.3. The van der Waals surface area contributed by atoms with E-state index in [0.717, 1.165) is 64.1 Å². The molecule has 2 N–H and O–H groups in total. The first-order valence-corrected chi connectivity index (χ1v) is 10.3. The first kappa shape index (κ1) is 22.5. The summed E-state index contributed by atoms with van der Waals surface area (Å²) >= 11 is 0. The fourth-order valence-corrected chi connectivity index (χ4v) is 3.25. The Bertz CT molecular complexity index is 571. The largest absolute Gasteiger partial charge is 0.497 e. The Labute approximate surface area is 170 Å².